The molecule has 0 bridgehead atoms. The molecule has 0 amide bonds. The third-order valence-corrected chi connectivity index (χ3v) is 1.12. The summed E-state index contributed by atoms with van der Waals surface area (Å²) in [6.45, 7) is 7.00. The van der Waals surface area contributed by atoms with Crippen molar-refractivity contribution >= 4 is 28.6 Å². The van der Waals surface area contributed by atoms with Crippen molar-refractivity contribution in [3.63, 3.8) is 0 Å². The lowest BCUT2D eigenvalue weighted by Crippen LogP contribution is -2.38. The Bertz CT molecular complexity index is 155. The van der Waals surface area contributed by atoms with E-state index in [4.69, 9.17) is 10.5 Å². The number of esters is 1. The Morgan fingerprint density at radius 3 is 1.82 bits per heavy atom. The van der Waals surface area contributed by atoms with Crippen molar-refractivity contribution in [3.05, 3.63) is 0 Å². The predicted octanol–water partition coefficient (Wildman–Crippen LogP) is 1.64. The topological polar surface area (TPSA) is 52.3 Å². The third kappa shape index (κ3) is 5.43. The van der Waals surface area contributed by atoms with Crippen molar-refractivity contribution in [1.29, 1.82) is 0 Å². The SMILES string of the molecule is CC(N)(I)OC(=O)C(C)(C)C. The molecular weight excluding hydrogens is 257 g/mol. The van der Waals surface area contributed by atoms with Gasteiger partial charge in [-0.1, -0.05) is 0 Å². The number of ether oxygens (including phenoxy) is 1. The summed E-state index contributed by atoms with van der Waals surface area (Å²) in [4.78, 5) is 11.2. The fraction of sp³-hybridized carbons (Fsp3) is 0.857. The van der Waals surface area contributed by atoms with Gasteiger partial charge in [0.05, 0.1) is 5.41 Å². The highest BCUT2D eigenvalue weighted by Gasteiger charge is 2.28. The van der Waals surface area contributed by atoms with Crippen LogP contribution in [0.3, 0.4) is 0 Å². The van der Waals surface area contributed by atoms with E-state index in [1.165, 1.54) is 0 Å². The molecule has 0 aliphatic rings. The molecule has 0 saturated carbocycles. The molecule has 11 heavy (non-hydrogen) atoms. The molecule has 2 N–H and O–H groups in total. The normalized spacial score (nSPS) is 17.3. The summed E-state index contributed by atoms with van der Waals surface area (Å²) < 4.78 is 4.03. The van der Waals surface area contributed by atoms with Gasteiger partial charge in [0.25, 0.3) is 0 Å². The second kappa shape index (κ2) is 3.26. The summed E-state index contributed by atoms with van der Waals surface area (Å²) in [5, 5.41) is 0. The molecule has 3 nitrogen and oxygen atoms in total. The van der Waals surface area contributed by atoms with E-state index in [0.29, 0.717) is 0 Å². The summed E-state index contributed by atoms with van der Waals surface area (Å²) in [6.07, 6.45) is 0. The second-order valence-electron chi connectivity index (χ2n) is 3.63. The lowest BCUT2D eigenvalue weighted by Gasteiger charge is -2.23. The zero-order chi connectivity index (χ0) is 9.28. The Morgan fingerprint density at radius 2 is 1.73 bits per heavy atom. The zero-order valence-corrected chi connectivity index (χ0v) is 9.43. The Labute approximate surface area is 80.8 Å². The number of alkyl halides is 1. The van der Waals surface area contributed by atoms with Crippen LogP contribution in [0.1, 0.15) is 27.7 Å². The molecule has 0 aliphatic heterocycles. The second-order valence-corrected chi connectivity index (χ2v) is 5.77. The van der Waals surface area contributed by atoms with Crippen LogP contribution in [0.2, 0.25) is 0 Å². The minimum atomic E-state index is -0.901. The molecule has 0 spiro atoms. The van der Waals surface area contributed by atoms with Gasteiger partial charge in [0.15, 0.2) is 0 Å². The first-order chi connectivity index (χ1) is 4.63. The number of nitrogens with two attached hydrogens (primary N) is 1. The predicted molar refractivity (Wildman–Crippen MR) is 52.2 cm³/mol. The summed E-state index contributed by atoms with van der Waals surface area (Å²) in [6, 6.07) is 0. The standard InChI is InChI=1S/C7H14INO2/c1-6(2,3)5(10)11-7(4,8)9/h9H2,1-4H3. The molecule has 0 aliphatic carbocycles. The number of halogens is 1. The fourth-order valence-electron chi connectivity index (χ4n) is 0.334. The Hall–Kier alpha value is 0.160. The van der Waals surface area contributed by atoms with Crippen LogP contribution in [0.5, 0.6) is 0 Å². The van der Waals surface area contributed by atoms with E-state index >= 15 is 0 Å². The van der Waals surface area contributed by atoms with E-state index in [1.807, 2.05) is 22.6 Å². The molecular formula is C7H14INO2. The molecule has 0 aromatic heterocycles. The summed E-state index contributed by atoms with van der Waals surface area (Å²) >= 11 is 1.87. The van der Waals surface area contributed by atoms with Crippen LogP contribution in [-0.2, 0) is 9.53 Å². The lowest BCUT2D eigenvalue weighted by atomic mass is 9.97. The van der Waals surface area contributed by atoms with Crippen LogP contribution in [0.25, 0.3) is 0 Å². The minimum absolute atomic E-state index is 0.281. The first-order valence-electron chi connectivity index (χ1n) is 3.34. The molecule has 1 atom stereocenters. The maximum Gasteiger partial charge on any atom is 0.313 e. The zero-order valence-electron chi connectivity index (χ0n) is 7.27. The molecule has 0 heterocycles. The van der Waals surface area contributed by atoms with Crippen molar-refractivity contribution in [3.8, 4) is 0 Å². The molecule has 1 unspecified atom stereocenters. The van der Waals surface area contributed by atoms with Gasteiger partial charge in [0.2, 0.25) is 3.73 Å². The average Bonchev–Trinajstić information content (AvgIpc) is 1.56. The number of hydrogen-bond acceptors (Lipinski definition) is 3. The first kappa shape index (κ1) is 11.2. The average molecular weight is 271 g/mol. The maximum atomic E-state index is 11.2. The molecule has 0 aromatic carbocycles. The highest BCUT2D eigenvalue weighted by Crippen LogP contribution is 2.21. The largest absolute Gasteiger partial charge is 0.435 e. The van der Waals surface area contributed by atoms with Crippen LogP contribution >= 0.6 is 22.6 Å². The maximum absolute atomic E-state index is 11.2. The molecule has 0 aromatic rings. The van der Waals surface area contributed by atoms with Crippen LogP contribution in [0.15, 0.2) is 0 Å². The number of hydrogen-bond donors (Lipinski definition) is 1. The van der Waals surface area contributed by atoms with E-state index in [1.54, 1.807) is 27.7 Å². The lowest BCUT2D eigenvalue weighted by molar-refractivity contribution is -0.158. The van der Waals surface area contributed by atoms with Gasteiger partial charge in [-0.05, 0) is 50.3 Å². The first-order valence-corrected chi connectivity index (χ1v) is 4.42. The van der Waals surface area contributed by atoms with E-state index < -0.39 is 9.15 Å². The Morgan fingerprint density at radius 1 is 1.36 bits per heavy atom. The van der Waals surface area contributed by atoms with Crippen LogP contribution in [-0.4, -0.2) is 9.70 Å². The fourth-order valence-corrected chi connectivity index (χ4v) is 0.534. The van der Waals surface area contributed by atoms with Crippen LogP contribution in [0, 0.1) is 5.41 Å². The summed E-state index contributed by atoms with van der Waals surface area (Å²) in [5.41, 5.74) is 5.00. The number of carbonyl (C=O) groups is 1. The van der Waals surface area contributed by atoms with Gasteiger partial charge in [-0.25, -0.2) is 0 Å². The van der Waals surface area contributed by atoms with Crippen LogP contribution in [0.4, 0.5) is 0 Å². The van der Waals surface area contributed by atoms with E-state index in [0.717, 1.165) is 0 Å². The highest BCUT2D eigenvalue weighted by atomic mass is 127. The van der Waals surface area contributed by atoms with E-state index in [-0.39, 0.29) is 5.97 Å². The van der Waals surface area contributed by atoms with Crippen molar-refractivity contribution in [1.82, 2.24) is 0 Å². The monoisotopic (exact) mass is 271 g/mol. The van der Waals surface area contributed by atoms with Crippen molar-refractivity contribution in [2.45, 2.75) is 31.4 Å². The highest BCUT2D eigenvalue weighted by molar-refractivity contribution is 14.1. The minimum Gasteiger partial charge on any atom is -0.435 e. The molecule has 0 radical (unpaired) electrons. The number of rotatable bonds is 1. The van der Waals surface area contributed by atoms with Gasteiger partial charge in [-0.3, -0.25) is 10.5 Å². The number of carbonyl (C=O) groups excluding carboxylic acids is 1. The summed E-state index contributed by atoms with van der Waals surface area (Å²) in [7, 11) is 0. The smallest absolute Gasteiger partial charge is 0.313 e. The van der Waals surface area contributed by atoms with E-state index in [9.17, 15) is 4.79 Å². The molecule has 0 rings (SSSR count). The molecule has 4 heteroatoms. The quantitative estimate of drug-likeness (QED) is 0.259. The van der Waals surface area contributed by atoms with Gasteiger partial charge in [0, 0.05) is 0 Å². The molecule has 0 fully saturated rings. The van der Waals surface area contributed by atoms with Crippen LogP contribution < -0.4 is 5.73 Å². The Kier molecular flexibility index (Phi) is 3.31. The summed E-state index contributed by atoms with van der Waals surface area (Å²) in [5.74, 6) is -0.281. The molecule has 66 valence electrons. The van der Waals surface area contributed by atoms with Crippen molar-refractivity contribution in [2.75, 3.05) is 0 Å². The van der Waals surface area contributed by atoms with Gasteiger partial charge in [-0.15, -0.1) is 0 Å². The third-order valence-electron chi connectivity index (χ3n) is 0.905. The Balaban J connectivity index is 4.11. The van der Waals surface area contributed by atoms with Gasteiger partial charge < -0.3 is 4.74 Å². The van der Waals surface area contributed by atoms with Crippen molar-refractivity contribution < 1.29 is 9.53 Å². The van der Waals surface area contributed by atoms with Gasteiger partial charge in [0.1, 0.15) is 0 Å². The molecule has 0 saturated heterocycles. The van der Waals surface area contributed by atoms with E-state index in [2.05, 4.69) is 0 Å². The van der Waals surface area contributed by atoms with Crippen molar-refractivity contribution in [2.24, 2.45) is 11.1 Å². The van der Waals surface area contributed by atoms with Gasteiger partial charge >= 0.3 is 5.97 Å². The van der Waals surface area contributed by atoms with Gasteiger partial charge in [-0.2, -0.15) is 0 Å².